The number of aromatic nitrogens is 2. The molecule has 26 heavy (non-hydrogen) atoms. The van der Waals surface area contributed by atoms with Crippen LogP contribution < -0.4 is 5.32 Å². The number of anilines is 1. The number of carbonyl (C=O) groups is 2. The molecule has 0 radical (unpaired) electrons. The van der Waals surface area contributed by atoms with E-state index in [-0.39, 0.29) is 24.0 Å². The van der Waals surface area contributed by atoms with Crippen molar-refractivity contribution in [3.8, 4) is 0 Å². The van der Waals surface area contributed by atoms with Crippen LogP contribution in [0.1, 0.15) is 32.5 Å². The first kappa shape index (κ1) is 16.1. The van der Waals surface area contributed by atoms with Crippen LogP contribution in [0.3, 0.4) is 0 Å². The third-order valence-corrected chi connectivity index (χ3v) is 6.28. The number of aryl methyl sites for hydroxylation is 1. The summed E-state index contributed by atoms with van der Waals surface area (Å²) in [6.07, 6.45) is 8.53. The quantitative estimate of drug-likeness (QED) is 0.830. The number of likely N-dealkylation sites (tertiary alicyclic amines) is 1. The Morgan fingerprint density at radius 1 is 1.42 bits per heavy atom. The number of carbonyl (C=O) groups excluding carboxylic acids is 2. The van der Waals surface area contributed by atoms with E-state index in [1.807, 2.05) is 30.9 Å². The van der Waals surface area contributed by atoms with Crippen LogP contribution in [0.15, 0.2) is 18.3 Å². The molecule has 138 valence electrons. The molecule has 0 aliphatic carbocycles. The molecule has 5 heterocycles. The molecule has 0 saturated carbocycles. The minimum Gasteiger partial charge on any atom is -0.360 e. The molecule has 4 aliphatic rings. The van der Waals surface area contributed by atoms with Crippen LogP contribution in [0.25, 0.3) is 0 Å². The van der Waals surface area contributed by atoms with Gasteiger partial charge in [0.15, 0.2) is 0 Å². The Balaban J connectivity index is 1.42. The molecule has 1 spiro atoms. The molecule has 1 aromatic rings. The first-order valence-corrected chi connectivity index (χ1v) is 9.53. The van der Waals surface area contributed by atoms with Crippen molar-refractivity contribution in [2.24, 2.45) is 11.8 Å². The van der Waals surface area contributed by atoms with E-state index in [4.69, 9.17) is 4.74 Å². The lowest BCUT2D eigenvalue weighted by molar-refractivity contribution is -0.137. The minimum absolute atomic E-state index is 0.0299. The largest absolute Gasteiger partial charge is 0.360 e. The van der Waals surface area contributed by atoms with Crippen molar-refractivity contribution < 1.29 is 14.3 Å². The Morgan fingerprint density at radius 2 is 2.27 bits per heavy atom. The summed E-state index contributed by atoms with van der Waals surface area (Å²) in [5.41, 5.74) is -0.634. The van der Waals surface area contributed by atoms with Gasteiger partial charge in [0.25, 0.3) is 0 Å². The molecule has 2 bridgehead atoms. The molecular weight excluding hydrogens is 332 g/mol. The maximum Gasteiger partial charge on any atom is 0.232 e. The van der Waals surface area contributed by atoms with Gasteiger partial charge in [-0.05, 0) is 26.7 Å². The van der Waals surface area contributed by atoms with Gasteiger partial charge in [-0.2, -0.15) is 0 Å². The molecule has 2 fully saturated rings. The first-order valence-electron chi connectivity index (χ1n) is 9.53. The lowest BCUT2D eigenvalue weighted by atomic mass is 9.77. The van der Waals surface area contributed by atoms with E-state index < -0.39 is 17.4 Å². The number of hydrogen-bond donors (Lipinski definition) is 1. The van der Waals surface area contributed by atoms with Crippen LogP contribution in [-0.2, 0) is 27.3 Å². The van der Waals surface area contributed by atoms with Crippen molar-refractivity contribution in [2.45, 2.75) is 57.4 Å². The molecule has 0 aromatic carbocycles. The van der Waals surface area contributed by atoms with Gasteiger partial charge in [-0.1, -0.05) is 12.2 Å². The van der Waals surface area contributed by atoms with Crippen LogP contribution in [0.5, 0.6) is 0 Å². The Kier molecular flexibility index (Phi) is 3.35. The van der Waals surface area contributed by atoms with E-state index in [1.165, 1.54) is 0 Å². The second-order valence-corrected chi connectivity index (χ2v) is 8.12. The zero-order valence-electron chi connectivity index (χ0n) is 15.1. The van der Waals surface area contributed by atoms with Gasteiger partial charge in [0.2, 0.25) is 11.8 Å². The Labute approximate surface area is 152 Å². The lowest BCUT2D eigenvalue weighted by Crippen LogP contribution is -2.42. The Morgan fingerprint density at radius 3 is 3.08 bits per heavy atom. The summed E-state index contributed by atoms with van der Waals surface area (Å²) in [6, 6.07) is 0.101. The van der Waals surface area contributed by atoms with Gasteiger partial charge < -0.3 is 19.5 Å². The highest BCUT2D eigenvalue weighted by molar-refractivity contribution is 5.98. The lowest BCUT2D eigenvalue weighted by Gasteiger charge is -2.25. The number of amides is 2. The first-order chi connectivity index (χ1) is 12.5. The number of nitrogens with zero attached hydrogens (tertiary/aromatic N) is 3. The van der Waals surface area contributed by atoms with E-state index in [0.29, 0.717) is 6.54 Å². The van der Waals surface area contributed by atoms with Gasteiger partial charge in [0.1, 0.15) is 17.2 Å². The van der Waals surface area contributed by atoms with Crippen molar-refractivity contribution >= 4 is 17.6 Å². The third-order valence-electron chi connectivity index (χ3n) is 6.28. The van der Waals surface area contributed by atoms with Gasteiger partial charge in [0, 0.05) is 19.0 Å². The smallest absolute Gasteiger partial charge is 0.232 e. The second-order valence-electron chi connectivity index (χ2n) is 8.12. The van der Waals surface area contributed by atoms with E-state index in [9.17, 15) is 9.59 Å². The van der Waals surface area contributed by atoms with Gasteiger partial charge in [-0.3, -0.25) is 9.59 Å². The monoisotopic (exact) mass is 356 g/mol. The van der Waals surface area contributed by atoms with E-state index in [1.54, 1.807) is 6.20 Å². The summed E-state index contributed by atoms with van der Waals surface area (Å²) in [5, 5.41) is 3.03. The van der Waals surface area contributed by atoms with Crippen LogP contribution in [0.2, 0.25) is 0 Å². The molecular formula is C19H24N4O3. The normalized spacial score (nSPS) is 34.5. The predicted octanol–water partition coefficient (Wildman–Crippen LogP) is 1.35. The fourth-order valence-corrected chi connectivity index (χ4v) is 4.99. The number of ether oxygens (including phenoxy) is 1. The number of fused-ring (bicyclic) bond motifs is 2. The second kappa shape index (κ2) is 5.42. The van der Waals surface area contributed by atoms with Gasteiger partial charge in [-0.15, -0.1) is 0 Å². The minimum atomic E-state index is -0.634. The summed E-state index contributed by atoms with van der Waals surface area (Å²) < 4.78 is 8.22. The van der Waals surface area contributed by atoms with Crippen molar-refractivity contribution in [2.75, 3.05) is 11.9 Å². The molecule has 0 unspecified atom stereocenters. The van der Waals surface area contributed by atoms with Crippen LogP contribution >= 0.6 is 0 Å². The Bertz CT molecular complexity index is 814. The summed E-state index contributed by atoms with van der Waals surface area (Å²) in [4.78, 5) is 32.3. The molecule has 4 atom stereocenters. The molecule has 4 aliphatic heterocycles. The molecule has 2 saturated heterocycles. The highest BCUT2D eigenvalue weighted by Crippen LogP contribution is 2.52. The third kappa shape index (κ3) is 2.06. The molecule has 1 aromatic heterocycles. The summed E-state index contributed by atoms with van der Waals surface area (Å²) in [6.45, 7) is 5.41. The van der Waals surface area contributed by atoms with Crippen LogP contribution in [0.4, 0.5) is 5.82 Å². The maximum atomic E-state index is 13.1. The summed E-state index contributed by atoms with van der Waals surface area (Å²) in [5.74, 6) is 0.738. The number of rotatable bonds is 3. The van der Waals surface area contributed by atoms with E-state index in [2.05, 4.69) is 14.9 Å². The van der Waals surface area contributed by atoms with Gasteiger partial charge in [0.05, 0.1) is 30.7 Å². The van der Waals surface area contributed by atoms with Crippen molar-refractivity contribution in [3.05, 3.63) is 24.2 Å². The molecule has 7 nitrogen and oxygen atoms in total. The topological polar surface area (TPSA) is 76.5 Å². The van der Waals surface area contributed by atoms with E-state index in [0.717, 1.165) is 37.4 Å². The number of imidazole rings is 1. The van der Waals surface area contributed by atoms with Crippen LogP contribution in [-0.4, -0.2) is 50.6 Å². The van der Waals surface area contributed by atoms with Gasteiger partial charge >= 0.3 is 0 Å². The van der Waals surface area contributed by atoms with E-state index >= 15 is 0 Å². The summed E-state index contributed by atoms with van der Waals surface area (Å²) in [7, 11) is 0. The molecule has 2 amide bonds. The van der Waals surface area contributed by atoms with Crippen molar-refractivity contribution in [3.63, 3.8) is 0 Å². The van der Waals surface area contributed by atoms with Crippen LogP contribution in [0, 0.1) is 11.8 Å². The fourth-order valence-electron chi connectivity index (χ4n) is 4.99. The van der Waals surface area contributed by atoms with Crippen molar-refractivity contribution in [1.29, 1.82) is 0 Å². The summed E-state index contributed by atoms with van der Waals surface area (Å²) >= 11 is 0. The SMILES string of the molecule is CC(C)N1C[C@@]23C=C[C@@H](O2)[C@@H](C(=O)Nc2cnc4n2CCCC4)[C@H]3C1=O. The Hall–Kier alpha value is -2.15. The predicted molar refractivity (Wildman–Crippen MR) is 94.4 cm³/mol. The molecule has 1 N–H and O–H groups in total. The molecule has 7 heteroatoms. The van der Waals surface area contributed by atoms with Gasteiger partial charge in [-0.25, -0.2) is 4.98 Å². The molecule has 5 rings (SSSR count). The zero-order chi connectivity index (χ0) is 18.1. The standard InChI is InChI=1S/C19H24N4O3/c1-11(2)23-10-19-7-6-12(26-19)15(16(19)18(23)25)17(24)21-14-9-20-13-5-3-4-8-22(13)14/h6-7,9,11-12,15-16H,3-5,8,10H2,1-2H3,(H,21,24)/t12-,15-,16+,19-/m1/s1. The average molecular weight is 356 g/mol. The number of nitrogens with one attached hydrogen (secondary N) is 1. The fraction of sp³-hybridized carbons (Fsp3) is 0.632. The highest BCUT2D eigenvalue weighted by atomic mass is 16.5. The highest BCUT2D eigenvalue weighted by Gasteiger charge is 2.67. The maximum absolute atomic E-state index is 13.1. The number of hydrogen-bond acceptors (Lipinski definition) is 4. The zero-order valence-corrected chi connectivity index (χ0v) is 15.1. The van der Waals surface area contributed by atoms with Crippen molar-refractivity contribution in [1.82, 2.24) is 14.5 Å². The average Bonchev–Trinajstić information content (AvgIpc) is 3.35.